The summed E-state index contributed by atoms with van der Waals surface area (Å²) in [6, 6.07) is 7.75. The first-order chi connectivity index (χ1) is 8.15. The van der Waals surface area contributed by atoms with Crippen LogP contribution in [0.4, 0.5) is 10.1 Å². The van der Waals surface area contributed by atoms with Crippen molar-refractivity contribution in [2.45, 2.75) is 6.61 Å². The van der Waals surface area contributed by atoms with Gasteiger partial charge in [-0.2, -0.15) is 0 Å². The molecule has 1 aromatic carbocycles. The summed E-state index contributed by atoms with van der Waals surface area (Å²) in [4.78, 5) is 4.15. The third kappa shape index (κ3) is 3.17. The highest BCUT2D eigenvalue weighted by atomic mass is 79.9. The van der Waals surface area contributed by atoms with E-state index in [1.165, 1.54) is 18.2 Å². The molecule has 2 rings (SSSR count). The molecule has 0 unspecified atom stereocenters. The topological polar surface area (TPSA) is 48.1 Å². The Morgan fingerprint density at radius 1 is 1.29 bits per heavy atom. The third-order valence-electron chi connectivity index (χ3n) is 2.14. The number of nitrogens with two attached hydrogens (primary N) is 1. The highest BCUT2D eigenvalue weighted by molar-refractivity contribution is 9.10. The van der Waals surface area contributed by atoms with Crippen molar-refractivity contribution >= 4 is 21.6 Å². The molecule has 0 saturated carbocycles. The molecule has 2 aromatic rings. The van der Waals surface area contributed by atoms with E-state index in [-0.39, 0.29) is 11.5 Å². The van der Waals surface area contributed by atoms with Crippen molar-refractivity contribution in [1.82, 2.24) is 4.98 Å². The Bertz CT molecular complexity index is 516. The van der Waals surface area contributed by atoms with E-state index in [0.29, 0.717) is 12.4 Å². The van der Waals surface area contributed by atoms with E-state index in [9.17, 15) is 4.39 Å². The van der Waals surface area contributed by atoms with Gasteiger partial charge in [0.05, 0.1) is 11.4 Å². The number of anilines is 1. The van der Waals surface area contributed by atoms with E-state index in [1.54, 1.807) is 6.20 Å². The molecule has 1 heterocycles. The summed E-state index contributed by atoms with van der Waals surface area (Å²) in [5.74, 6) is 0.0766. The van der Waals surface area contributed by atoms with Crippen molar-refractivity contribution in [3.8, 4) is 5.75 Å². The Morgan fingerprint density at radius 2 is 2.12 bits per heavy atom. The van der Waals surface area contributed by atoms with Gasteiger partial charge in [0.15, 0.2) is 0 Å². The highest BCUT2D eigenvalue weighted by Gasteiger charge is 2.03. The second kappa shape index (κ2) is 5.14. The van der Waals surface area contributed by atoms with E-state index in [0.717, 1.165) is 10.2 Å². The van der Waals surface area contributed by atoms with Gasteiger partial charge in [0, 0.05) is 16.7 Å². The smallest absolute Gasteiger partial charge is 0.142 e. The van der Waals surface area contributed by atoms with Crippen molar-refractivity contribution in [1.29, 1.82) is 0 Å². The molecule has 0 saturated heterocycles. The minimum absolute atomic E-state index is 0.280. The predicted molar refractivity (Wildman–Crippen MR) is 67.1 cm³/mol. The summed E-state index contributed by atoms with van der Waals surface area (Å²) in [5, 5.41) is 0. The van der Waals surface area contributed by atoms with Crippen LogP contribution in [0.1, 0.15) is 5.69 Å². The number of halogens is 2. The summed E-state index contributed by atoms with van der Waals surface area (Å²) >= 11 is 3.30. The largest absolute Gasteiger partial charge is 0.485 e. The third-order valence-corrected chi connectivity index (χ3v) is 2.61. The van der Waals surface area contributed by atoms with Gasteiger partial charge in [0.2, 0.25) is 0 Å². The van der Waals surface area contributed by atoms with Crippen molar-refractivity contribution in [3.05, 3.63) is 52.5 Å². The van der Waals surface area contributed by atoms with E-state index in [1.807, 2.05) is 12.1 Å². The fourth-order valence-electron chi connectivity index (χ4n) is 1.29. The molecule has 0 aliphatic carbocycles. The van der Waals surface area contributed by atoms with Gasteiger partial charge in [0.25, 0.3) is 0 Å². The normalized spacial score (nSPS) is 10.2. The second-order valence-corrected chi connectivity index (χ2v) is 4.35. The number of nitrogen functional groups attached to an aromatic ring is 1. The van der Waals surface area contributed by atoms with E-state index < -0.39 is 0 Å². The lowest BCUT2D eigenvalue weighted by Gasteiger charge is -2.08. The number of rotatable bonds is 3. The van der Waals surface area contributed by atoms with Gasteiger partial charge in [-0.25, -0.2) is 4.39 Å². The van der Waals surface area contributed by atoms with Gasteiger partial charge in [0.1, 0.15) is 18.2 Å². The predicted octanol–water partition coefficient (Wildman–Crippen LogP) is 3.14. The van der Waals surface area contributed by atoms with Crippen LogP contribution in [0, 0.1) is 5.82 Å². The van der Waals surface area contributed by atoms with E-state index in [2.05, 4.69) is 20.9 Å². The van der Waals surface area contributed by atoms with Crippen LogP contribution in [0.15, 0.2) is 41.0 Å². The molecule has 0 aliphatic rings. The lowest BCUT2D eigenvalue weighted by atomic mass is 10.3. The molecule has 88 valence electrons. The Balaban J connectivity index is 2.04. The first kappa shape index (κ1) is 11.9. The zero-order valence-corrected chi connectivity index (χ0v) is 10.4. The highest BCUT2D eigenvalue weighted by Crippen LogP contribution is 2.22. The molecule has 1 aromatic heterocycles. The van der Waals surface area contributed by atoms with Crippen molar-refractivity contribution < 1.29 is 9.13 Å². The zero-order valence-electron chi connectivity index (χ0n) is 8.86. The minimum Gasteiger partial charge on any atom is -0.485 e. The molecular formula is C12H10BrFN2O. The number of aromatic nitrogens is 1. The number of ether oxygens (including phenoxy) is 1. The van der Waals surface area contributed by atoms with Crippen molar-refractivity contribution in [2.24, 2.45) is 0 Å². The average molecular weight is 297 g/mol. The number of pyridine rings is 1. The average Bonchev–Trinajstić information content (AvgIpc) is 2.30. The number of hydrogen-bond acceptors (Lipinski definition) is 3. The second-order valence-electron chi connectivity index (χ2n) is 3.44. The van der Waals surface area contributed by atoms with Gasteiger partial charge >= 0.3 is 0 Å². The van der Waals surface area contributed by atoms with Crippen LogP contribution in [0.2, 0.25) is 0 Å². The van der Waals surface area contributed by atoms with Crippen LogP contribution >= 0.6 is 15.9 Å². The molecule has 3 nitrogen and oxygen atoms in total. The summed E-state index contributed by atoms with van der Waals surface area (Å²) in [5.41, 5.74) is 6.67. The molecule has 0 radical (unpaired) electrons. The zero-order chi connectivity index (χ0) is 12.3. The van der Waals surface area contributed by atoms with Crippen LogP contribution < -0.4 is 10.5 Å². The van der Waals surface area contributed by atoms with Crippen LogP contribution in [0.25, 0.3) is 0 Å². The molecule has 0 atom stereocenters. The minimum atomic E-state index is -0.378. The Morgan fingerprint density at radius 3 is 2.76 bits per heavy atom. The van der Waals surface area contributed by atoms with Crippen molar-refractivity contribution in [2.75, 3.05) is 5.73 Å². The van der Waals surface area contributed by atoms with E-state index >= 15 is 0 Å². The molecule has 0 fully saturated rings. The molecular weight excluding hydrogens is 287 g/mol. The van der Waals surface area contributed by atoms with Gasteiger partial charge in [-0.1, -0.05) is 0 Å². The fraction of sp³-hybridized carbons (Fsp3) is 0.0833. The summed E-state index contributed by atoms with van der Waals surface area (Å²) in [6.07, 6.45) is 1.69. The maximum absolute atomic E-state index is 12.8. The van der Waals surface area contributed by atoms with Gasteiger partial charge in [-0.15, -0.1) is 0 Å². The molecule has 2 N–H and O–H groups in total. The first-order valence-corrected chi connectivity index (χ1v) is 5.73. The molecule has 0 amide bonds. The van der Waals surface area contributed by atoms with Crippen LogP contribution in [-0.4, -0.2) is 4.98 Å². The lowest BCUT2D eigenvalue weighted by molar-refractivity contribution is 0.302. The van der Waals surface area contributed by atoms with Gasteiger partial charge in [-0.3, -0.25) is 4.98 Å². The number of hydrogen-bond donors (Lipinski definition) is 1. The first-order valence-electron chi connectivity index (χ1n) is 4.93. The quantitative estimate of drug-likeness (QED) is 0.885. The van der Waals surface area contributed by atoms with Gasteiger partial charge in [-0.05, 0) is 40.2 Å². The Hall–Kier alpha value is -1.62. The number of benzene rings is 1. The molecule has 0 aliphatic heterocycles. The lowest BCUT2D eigenvalue weighted by Crippen LogP contribution is -2.00. The fourth-order valence-corrected chi connectivity index (χ4v) is 1.53. The summed E-state index contributed by atoms with van der Waals surface area (Å²) in [7, 11) is 0. The monoisotopic (exact) mass is 296 g/mol. The van der Waals surface area contributed by atoms with Crippen LogP contribution in [0.3, 0.4) is 0 Å². The Labute approximate surface area is 107 Å². The SMILES string of the molecule is Nc1cc(F)ccc1OCc1ccc(Br)cn1. The summed E-state index contributed by atoms with van der Waals surface area (Å²) < 4.78 is 19.2. The number of nitrogens with zero attached hydrogens (tertiary/aromatic N) is 1. The maximum Gasteiger partial charge on any atom is 0.142 e. The molecule has 5 heteroatoms. The Kier molecular flexibility index (Phi) is 3.58. The van der Waals surface area contributed by atoms with Crippen LogP contribution in [-0.2, 0) is 6.61 Å². The summed E-state index contributed by atoms with van der Waals surface area (Å²) in [6.45, 7) is 0.295. The van der Waals surface area contributed by atoms with Gasteiger partial charge < -0.3 is 10.5 Å². The molecule has 17 heavy (non-hydrogen) atoms. The maximum atomic E-state index is 12.8. The van der Waals surface area contributed by atoms with Crippen LogP contribution in [0.5, 0.6) is 5.75 Å². The molecule has 0 bridgehead atoms. The molecule has 0 spiro atoms. The van der Waals surface area contributed by atoms with Crippen molar-refractivity contribution in [3.63, 3.8) is 0 Å². The standard InChI is InChI=1S/C12H10BrFN2O/c13-8-1-3-10(16-6-8)7-17-12-4-2-9(14)5-11(12)15/h1-6H,7,15H2. The van der Waals surface area contributed by atoms with E-state index in [4.69, 9.17) is 10.5 Å².